The molecule has 0 unspecified atom stereocenters. The first-order valence-electron chi connectivity index (χ1n) is 6.59. The fourth-order valence-corrected chi connectivity index (χ4v) is 2.17. The van der Waals surface area contributed by atoms with E-state index >= 15 is 0 Å². The van der Waals surface area contributed by atoms with Crippen LogP contribution >= 0.6 is 0 Å². The molecule has 3 N–H and O–H groups in total. The average Bonchev–Trinajstić information content (AvgIpc) is 2.46. The summed E-state index contributed by atoms with van der Waals surface area (Å²) in [7, 11) is 0. The van der Waals surface area contributed by atoms with E-state index < -0.39 is 5.97 Å². The molecule has 1 aliphatic rings. The maximum Gasteiger partial charge on any atom is 0.335 e. The highest BCUT2D eigenvalue weighted by atomic mass is 16.4. The van der Waals surface area contributed by atoms with Gasteiger partial charge in [0.15, 0.2) is 0 Å². The summed E-state index contributed by atoms with van der Waals surface area (Å²) in [5.41, 5.74) is 0.952. The van der Waals surface area contributed by atoms with Gasteiger partial charge in [0, 0.05) is 19.6 Å². The number of nitrogens with one attached hydrogen (secondary N) is 1. The number of amides is 2. The van der Waals surface area contributed by atoms with E-state index in [-0.39, 0.29) is 17.7 Å². The molecule has 1 fully saturated rings. The third-order valence-electron chi connectivity index (χ3n) is 3.37. The molecule has 1 aliphatic heterocycles. The quantitative estimate of drug-likeness (QED) is 0.771. The molecular weight excluding hydrogens is 260 g/mol. The molecule has 1 aromatic rings. The van der Waals surface area contributed by atoms with Crippen LogP contribution in [0, 0.1) is 0 Å². The van der Waals surface area contributed by atoms with Crippen molar-refractivity contribution in [2.75, 3.05) is 13.1 Å². The van der Waals surface area contributed by atoms with Crippen LogP contribution in [-0.2, 0) is 6.54 Å². The Hall–Kier alpha value is -2.08. The van der Waals surface area contributed by atoms with Crippen molar-refractivity contribution in [3.63, 3.8) is 0 Å². The van der Waals surface area contributed by atoms with Crippen molar-refractivity contribution < 1.29 is 19.8 Å². The van der Waals surface area contributed by atoms with Gasteiger partial charge in [0.25, 0.3) is 0 Å². The van der Waals surface area contributed by atoms with Gasteiger partial charge in [-0.3, -0.25) is 0 Å². The predicted molar refractivity (Wildman–Crippen MR) is 72.5 cm³/mol. The number of carboxylic acid groups (broad SMARTS) is 1. The van der Waals surface area contributed by atoms with E-state index in [2.05, 4.69) is 5.32 Å². The van der Waals surface area contributed by atoms with Crippen molar-refractivity contribution in [2.45, 2.75) is 25.5 Å². The molecule has 2 rings (SSSR count). The predicted octanol–water partition coefficient (Wildman–Crippen LogP) is 1.05. The van der Waals surface area contributed by atoms with Crippen LogP contribution in [0.15, 0.2) is 24.3 Å². The first-order valence-corrected chi connectivity index (χ1v) is 6.59. The van der Waals surface area contributed by atoms with E-state index in [1.54, 1.807) is 23.1 Å². The van der Waals surface area contributed by atoms with Gasteiger partial charge in [-0.25, -0.2) is 9.59 Å². The molecule has 0 radical (unpaired) electrons. The maximum atomic E-state index is 11.9. The Balaban J connectivity index is 1.87. The highest BCUT2D eigenvalue weighted by Gasteiger charge is 2.20. The van der Waals surface area contributed by atoms with Crippen LogP contribution in [-0.4, -0.2) is 46.3 Å². The highest BCUT2D eigenvalue weighted by Crippen LogP contribution is 2.10. The summed E-state index contributed by atoms with van der Waals surface area (Å²) < 4.78 is 0. The summed E-state index contributed by atoms with van der Waals surface area (Å²) >= 11 is 0. The Morgan fingerprint density at radius 1 is 1.30 bits per heavy atom. The average molecular weight is 278 g/mol. The topological polar surface area (TPSA) is 89.9 Å². The third-order valence-corrected chi connectivity index (χ3v) is 3.37. The Morgan fingerprint density at radius 2 is 2.00 bits per heavy atom. The van der Waals surface area contributed by atoms with Crippen molar-refractivity contribution >= 4 is 12.0 Å². The van der Waals surface area contributed by atoms with E-state index in [1.165, 1.54) is 6.07 Å². The number of benzene rings is 1. The van der Waals surface area contributed by atoms with Crippen LogP contribution in [0.3, 0.4) is 0 Å². The molecule has 0 atom stereocenters. The Morgan fingerprint density at radius 3 is 2.65 bits per heavy atom. The van der Waals surface area contributed by atoms with Crippen molar-refractivity contribution in [1.29, 1.82) is 0 Å². The molecule has 0 aromatic heterocycles. The van der Waals surface area contributed by atoms with E-state index in [4.69, 9.17) is 5.11 Å². The Labute approximate surface area is 117 Å². The summed E-state index contributed by atoms with van der Waals surface area (Å²) in [6.45, 7) is 1.38. The third kappa shape index (κ3) is 3.71. The monoisotopic (exact) mass is 278 g/mol. The maximum absolute atomic E-state index is 11.9. The van der Waals surface area contributed by atoms with Crippen molar-refractivity contribution in [3.05, 3.63) is 35.4 Å². The number of rotatable bonds is 3. The lowest BCUT2D eigenvalue weighted by molar-refractivity contribution is 0.0696. The van der Waals surface area contributed by atoms with Gasteiger partial charge in [-0.1, -0.05) is 12.1 Å². The summed E-state index contributed by atoms with van der Waals surface area (Å²) in [6, 6.07) is 6.30. The molecule has 0 bridgehead atoms. The number of aromatic carboxylic acids is 1. The first-order chi connectivity index (χ1) is 9.56. The minimum absolute atomic E-state index is 0.183. The van der Waals surface area contributed by atoms with Crippen LogP contribution in [0.4, 0.5) is 4.79 Å². The molecule has 1 heterocycles. The molecule has 0 saturated carbocycles. The molecule has 6 nitrogen and oxygen atoms in total. The van der Waals surface area contributed by atoms with Crippen molar-refractivity contribution in [3.8, 4) is 0 Å². The Kier molecular flexibility index (Phi) is 4.57. The van der Waals surface area contributed by atoms with Crippen LogP contribution in [0.2, 0.25) is 0 Å². The van der Waals surface area contributed by atoms with E-state index in [0.29, 0.717) is 32.5 Å². The second-order valence-corrected chi connectivity index (χ2v) is 4.88. The zero-order valence-corrected chi connectivity index (χ0v) is 11.1. The standard InChI is InChI=1S/C14H18N2O4/c17-12-4-6-16(7-5-12)14(20)15-9-10-2-1-3-11(8-10)13(18)19/h1-3,8,12,17H,4-7,9H2,(H,15,20)(H,18,19). The summed E-state index contributed by atoms with van der Waals surface area (Å²) in [4.78, 5) is 24.4. The molecule has 0 aliphatic carbocycles. The molecule has 2 amide bonds. The number of aliphatic hydroxyl groups excluding tert-OH is 1. The number of hydrogen-bond acceptors (Lipinski definition) is 3. The Bertz CT molecular complexity index is 496. The fourth-order valence-electron chi connectivity index (χ4n) is 2.17. The SMILES string of the molecule is O=C(O)c1cccc(CNC(=O)N2CCC(O)CC2)c1. The number of urea groups is 1. The summed E-state index contributed by atoms with van der Waals surface area (Å²) in [5, 5.41) is 21.0. The van der Waals surface area contributed by atoms with Crippen LogP contribution in [0.5, 0.6) is 0 Å². The number of aliphatic hydroxyl groups is 1. The van der Waals surface area contributed by atoms with Gasteiger partial charge in [0.2, 0.25) is 0 Å². The molecule has 6 heteroatoms. The minimum atomic E-state index is -0.983. The van der Waals surface area contributed by atoms with Gasteiger partial charge < -0.3 is 20.4 Å². The highest BCUT2D eigenvalue weighted by molar-refractivity contribution is 5.87. The normalized spacial score (nSPS) is 15.9. The lowest BCUT2D eigenvalue weighted by atomic mass is 10.1. The zero-order chi connectivity index (χ0) is 14.5. The largest absolute Gasteiger partial charge is 0.478 e. The molecule has 108 valence electrons. The van der Waals surface area contributed by atoms with Crippen LogP contribution in [0.25, 0.3) is 0 Å². The summed E-state index contributed by atoms with van der Waals surface area (Å²) in [5.74, 6) is -0.983. The lowest BCUT2D eigenvalue weighted by Crippen LogP contribution is -2.45. The number of hydrogen-bond donors (Lipinski definition) is 3. The number of likely N-dealkylation sites (tertiary alicyclic amines) is 1. The first kappa shape index (κ1) is 14.3. The van der Waals surface area contributed by atoms with Crippen molar-refractivity contribution in [2.24, 2.45) is 0 Å². The van der Waals surface area contributed by atoms with Gasteiger partial charge in [-0.05, 0) is 30.5 Å². The van der Waals surface area contributed by atoms with E-state index in [0.717, 1.165) is 5.56 Å². The van der Waals surface area contributed by atoms with Gasteiger partial charge in [-0.15, -0.1) is 0 Å². The number of carbonyl (C=O) groups excluding carboxylic acids is 1. The van der Waals surface area contributed by atoms with Crippen LogP contribution < -0.4 is 5.32 Å². The number of nitrogens with zero attached hydrogens (tertiary/aromatic N) is 1. The number of piperidine rings is 1. The van der Waals surface area contributed by atoms with Gasteiger partial charge in [0.05, 0.1) is 11.7 Å². The second kappa shape index (κ2) is 6.38. The smallest absolute Gasteiger partial charge is 0.335 e. The van der Waals surface area contributed by atoms with Gasteiger partial charge >= 0.3 is 12.0 Å². The summed E-state index contributed by atoms with van der Waals surface area (Å²) in [6.07, 6.45) is 0.885. The molecule has 1 saturated heterocycles. The second-order valence-electron chi connectivity index (χ2n) is 4.88. The number of carboxylic acids is 1. The number of carbonyl (C=O) groups is 2. The molecule has 20 heavy (non-hydrogen) atoms. The molecule has 0 spiro atoms. The van der Waals surface area contributed by atoms with Gasteiger partial charge in [-0.2, -0.15) is 0 Å². The van der Waals surface area contributed by atoms with E-state index in [9.17, 15) is 14.7 Å². The van der Waals surface area contributed by atoms with Gasteiger partial charge in [0.1, 0.15) is 0 Å². The fraction of sp³-hybridized carbons (Fsp3) is 0.429. The van der Waals surface area contributed by atoms with Crippen molar-refractivity contribution in [1.82, 2.24) is 10.2 Å². The minimum Gasteiger partial charge on any atom is -0.478 e. The molecule has 1 aromatic carbocycles. The zero-order valence-electron chi connectivity index (χ0n) is 11.1. The molecular formula is C14H18N2O4. The lowest BCUT2D eigenvalue weighted by Gasteiger charge is -2.29. The van der Waals surface area contributed by atoms with Crippen LogP contribution in [0.1, 0.15) is 28.8 Å². The van der Waals surface area contributed by atoms with E-state index in [1.807, 2.05) is 0 Å².